The van der Waals surface area contributed by atoms with Crippen LogP contribution in [0, 0.1) is 11.7 Å². The molecule has 15 heteroatoms. The predicted molar refractivity (Wildman–Crippen MR) is 174 cm³/mol. The van der Waals surface area contributed by atoms with Crippen molar-refractivity contribution in [3.63, 3.8) is 0 Å². The summed E-state index contributed by atoms with van der Waals surface area (Å²) in [6.45, 7) is 1.65. The van der Waals surface area contributed by atoms with E-state index in [0.29, 0.717) is 35.5 Å². The van der Waals surface area contributed by atoms with E-state index in [9.17, 15) is 21.6 Å². The smallest absolute Gasteiger partial charge is 0.416 e. The molecule has 9 nitrogen and oxygen atoms in total. The number of benzene rings is 3. The molecule has 1 saturated carbocycles. The van der Waals surface area contributed by atoms with E-state index in [2.05, 4.69) is 15.3 Å². The zero-order chi connectivity index (χ0) is 34.8. The molecule has 5 rings (SSSR count). The SMILES string of the molecule is COc1ccc(CN(c2ccncn2)S(=O)(=O)c2cc(Cl)c(NC3C[C@@H](C)[C@H](c4cccc(C(F)(F)F)c4)C[C@@H]3N)cc2F)c(OC)c1. The van der Waals surface area contributed by atoms with Crippen molar-refractivity contribution < 1.29 is 35.5 Å². The lowest BCUT2D eigenvalue weighted by molar-refractivity contribution is -0.137. The van der Waals surface area contributed by atoms with Crippen molar-refractivity contribution in [1.29, 1.82) is 0 Å². The van der Waals surface area contributed by atoms with E-state index in [-0.39, 0.29) is 34.9 Å². The highest BCUT2D eigenvalue weighted by Crippen LogP contribution is 2.41. The van der Waals surface area contributed by atoms with Crippen LogP contribution in [0.3, 0.4) is 0 Å². The van der Waals surface area contributed by atoms with Crippen LogP contribution >= 0.6 is 11.6 Å². The van der Waals surface area contributed by atoms with Crippen LogP contribution in [0.1, 0.15) is 42.4 Å². The van der Waals surface area contributed by atoms with Crippen molar-refractivity contribution in [3.8, 4) is 11.5 Å². The van der Waals surface area contributed by atoms with Crippen LogP contribution in [0.25, 0.3) is 0 Å². The summed E-state index contributed by atoms with van der Waals surface area (Å²) in [6, 6.07) is 12.6. The summed E-state index contributed by atoms with van der Waals surface area (Å²) in [6.07, 6.45) is -1.11. The summed E-state index contributed by atoms with van der Waals surface area (Å²) in [5.74, 6) is -0.552. The van der Waals surface area contributed by atoms with E-state index in [1.807, 2.05) is 6.92 Å². The summed E-state index contributed by atoms with van der Waals surface area (Å²) in [5, 5.41) is 3.08. The van der Waals surface area contributed by atoms with Gasteiger partial charge in [-0.15, -0.1) is 0 Å². The molecule has 3 N–H and O–H groups in total. The van der Waals surface area contributed by atoms with Crippen LogP contribution in [-0.2, 0) is 22.7 Å². The quantitative estimate of drug-likeness (QED) is 0.169. The standard InChI is InChI=1S/C33H34ClF4N5O4S/c1-19-11-29(27(39)14-24(19)20-5-4-6-22(12-20)33(36,37)38)42-28-16-26(35)31(15-25(28)34)48(44,45)43(32-9-10-40-18-41-32)17-21-7-8-23(46-2)13-30(21)47-3/h4-10,12-13,15-16,18-19,24,27,29,42H,11,14,17,39H2,1-3H3/t19-,24-,27+,29?/m1/s1. The average Bonchev–Trinajstić information content (AvgIpc) is 3.06. The summed E-state index contributed by atoms with van der Waals surface area (Å²) >= 11 is 6.57. The zero-order valence-corrected chi connectivity index (χ0v) is 27.8. The molecule has 4 atom stereocenters. The van der Waals surface area contributed by atoms with Gasteiger partial charge in [-0.2, -0.15) is 13.2 Å². The Labute approximate surface area is 281 Å². The molecule has 0 saturated heterocycles. The number of nitrogens with one attached hydrogen (secondary N) is 1. The normalized spacial score (nSPS) is 19.9. The number of ether oxygens (including phenoxy) is 2. The highest BCUT2D eigenvalue weighted by molar-refractivity contribution is 7.92. The van der Waals surface area contributed by atoms with Crippen molar-refractivity contribution in [1.82, 2.24) is 9.97 Å². The lowest BCUT2D eigenvalue weighted by Crippen LogP contribution is -2.47. The second-order valence-electron chi connectivity index (χ2n) is 11.6. The van der Waals surface area contributed by atoms with Gasteiger partial charge in [-0.25, -0.2) is 27.1 Å². The first-order chi connectivity index (χ1) is 22.7. The van der Waals surface area contributed by atoms with Gasteiger partial charge in [0.1, 0.15) is 34.4 Å². The summed E-state index contributed by atoms with van der Waals surface area (Å²) in [7, 11) is -1.69. The first-order valence-electron chi connectivity index (χ1n) is 14.9. The summed E-state index contributed by atoms with van der Waals surface area (Å²) < 4.78 is 95.6. The van der Waals surface area contributed by atoms with Crippen molar-refractivity contribution in [3.05, 3.63) is 101 Å². The van der Waals surface area contributed by atoms with Gasteiger partial charge in [0.25, 0.3) is 10.0 Å². The van der Waals surface area contributed by atoms with Gasteiger partial charge in [-0.3, -0.25) is 0 Å². The molecule has 3 aromatic carbocycles. The number of hydrogen-bond acceptors (Lipinski definition) is 8. The highest BCUT2D eigenvalue weighted by atomic mass is 35.5. The van der Waals surface area contributed by atoms with E-state index in [1.165, 1.54) is 38.9 Å². The molecule has 4 aromatic rings. The maximum Gasteiger partial charge on any atom is 0.416 e. The maximum atomic E-state index is 15.8. The molecule has 1 fully saturated rings. The average molecular weight is 708 g/mol. The number of alkyl halides is 3. The van der Waals surface area contributed by atoms with Crippen molar-refractivity contribution in [2.45, 2.75) is 55.4 Å². The van der Waals surface area contributed by atoms with Gasteiger partial charge >= 0.3 is 6.18 Å². The minimum Gasteiger partial charge on any atom is -0.497 e. The summed E-state index contributed by atoms with van der Waals surface area (Å²) in [5.41, 5.74) is 6.90. The number of hydrogen-bond donors (Lipinski definition) is 2. The third kappa shape index (κ3) is 7.45. The monoisotopic (exact) mass is 707 g/mol. The van der Waals surface area contributed by atoms with Crippen LogP contribution in [0.4, 0.5) is 29.1 Å². The van der Waals surface area contributed by atoms with Gasteiger partial charge in [-0.05, 0) is 60.6 Å². The number of rotatable bonds is 10. The predicted octanol–water partition coefficient (Wildman–Crippen LogP) is 7.02. The van der Waals surface area contributed by atoms with Crippen LogP contribution in [0.2, 0.25) is 5.02 Å². The maximum absolute atomic E-state index is 15.8. The lowest BCUT2D eigenvalue weighted by Gasteiger charge is -2.40. The first kappa shape index (κ1) is 35.2. The number of sulfonamides is 1. The molecule has 256 valence electrons. The highest BCUT2D eigenvalue weighted by Gasteiger charge is 2.37. The first-order valence-corrected chi connectivity index (χ1v) is 16.7. The number of anilines is 2. The van der Waals surface area contributed by atoms with Gasteiger partial charge in [0.2, 0.25) is 0 Å². The topological polar surface area (TPSA) is 120 Å². The minimum absolute atomic E-state index is 0.0157. The fraction of sp³-hybridized carbons (Fsp3) is 0.333. The Morgan fingerprint density at radius 3 is 2.50 bits per heavy atom. The molecule has 0 amide bonds. The second kappa shape index (κ2) is 14.1. The van der Waals surface area contributed by atoms with Gasteiger partial charge in [-0.1, -0.05) is 36.7 Å². The molecule has 1 heterocycles. The Kier molecular flexibility index (Phi) is 10.4. The molecule has 48 heavy (non-hydrogen) atoms. The Morgan fingerprint density at radius 2 is 1.83 bits per heavy atom. The molecule has 0 radical (unpaired) electrons. The molecular formula is C33H34ClF4N5O4S. The lowest BCUT2D eigenvalue weighted by atomic mass is 9.72. The second-order valence-corrected chi connectivity index (χ2v) is 13.9. The van der Waals surface area contributed by atoms with E-state index in [4.69, 9.17) is 26.8 Å². The number of nitrogens with zero attached hydrogens (tertiary/aromatic N) is 3. The zero-order valence-electron chi connectivity index (χ0n) is 26.2. The number of aromatic nitrogens is 2. The van der Waals surface area contributed by atoms with Crippen LogP contribution in [-0.4, -0.2) is 44.7 Å². The Bertz CT molecular complexity index is 1870. The van der Waals surface area contributed by atoms with Crippen LogP contribution in [0.15, 0.2) is 78.1 Å². The van der Waals surface area contributed by atoms with Gasteiger partial charge in [0.15, 0.2) is 0 Å². The fourth-order valence-electron chi connectivity index (χ4n) is 6.02. The molecular weight excluding hydrogens is 674 g/mol. The number of halogens is 5. The molecule has 0 aliphatic heterocycles. The Hall–Kier alpha value is -4.14. The molecule has 1 aromatic heterocycles. The third-order valence-corrected chi connectivity index (χ3v) is 10.6. The fourth-order valence-corrected chi connectivity index (χ4v) is 7.77. The Morgan fingerprint density at radius 1 is 1.06 bits per heavy atom. The third-order valence-electron chi connectivity index (χ3n) is 8.56. The van der Waals surface area contributed by atoms with Gasteiger partial charge < -0.3 is 20.5 Å². The Balaban J connectivity index is 1.40. The van der Waals surface area contributed by atoms with Gasteiger partial charge in [0, 0.05) is 36.0 Å². The molecule has 1 aliphatic rings. The molecule has 0 bridgehead atoms. The minimum atomic E-state index is -4.60. The van der Waals surface area contributed by atoms with Crippen molar-refractivity contribution in [2.75, 3.05) is 23.8 Å². The van der Waals surface area contributed by atoms with Crippen LogP contribution < -0.4 is 24.8 Å². The van der Waals surface area contributed by atoms with E-state index in [1.54, 1.807) is 24.3 Å². The van der Waals surface area contributed by atoms with E-state index in [0.717, 1.165) is 28.6 Å². The van der Waals surface area contributed by atoms with Crippen LogP contribution in [0.5, 0.6) is 11.5 Å². The van der Waals surface area contributed by atoms with Gasteiger partial charge in [0.05, 0.1) is 37.0 Å². The number of methoxy groups -OCH3 is 2. The van der Waals surface area contributed by atoms with E-state index >= 15 is 4.39 Å². The van der Waals surface area contributed by atoms with Crippen molar-refractivity contribution >= 4 is 33.1 Å². The summed E-state index contributed by atoms with van der Waals surface area (Å²) in [4.78, 5) is 7.27. The molecule has 1 unspecified atom stereocenters. The van der Waals surface area contributed by atoms with Crippen molar-refractivity contribution in [2.24, 2.45) is 11.7 Å². The molecule has 0 spiro atoms. The largest absolute Gasteiger partial charge is 0.497 e. The molecule has 1 aliphatic carbocycles. The van der Waals surface area contributed by atoms with E-state index < -0.39 is 44.6 Å². The number of nitrogens with two attached hydrogens (primary N) is 1.